The number of ether oxygens (including phenoxy) is 4. The second kappa shape index (κ2) is 16.5. The second-order valence-electron chi connectivity index (χ2n) is 5.98. The minimum atomic E-state index is -1.53. The highest BCUT2D eigenvalue weighted by Gasteiger charge is 2.23. The number of carbonyl (C=O) groups excluding carboxylic acids is 2. The predicted molar refractivity (Wildman–Crippen MR) is 100 cm³/mol. The van der Waals surface area contributed by atoms with Crippen molar-refractivity contribution in [1.29, 1.82) is 0 Å². The van der Waals surface area contributed by atoms with Crippen LogP contribution in [0.2, 0.25) is 0 Å². The average molecular weight is 418 g/mol. The molecule has 0 spiro atoms. The molecule has 2 N–H and O–H groups in total. The van der Waals surface area contributed by atoms with E-state index in [1.165, 1.54) is 0 Å². The predicted octanol–water partition coefficient (Wildman–Crippen LogP) is 1.56. The Morgan fingerprint density at radius 2 is 1.10 bits per heavy atom. The molecule has 166 valence electrons. The molecule has 0 aliphatic carbocycles. The van der Waals surface area contributed by atoms with Crippen LogP contribution in [-0.4, -0.2) is 73.7 Å². The van der Waals surface area contributed by atoms with E-state index >= 15 is 0 Å². The van der Waals surface area contributed by atoms with E-state index in [1.54, 1.807) is 0 Å². The minimum Gasteiger partial charge on any atom is -0.481 e. The van der Waals surface area contributed by atoms with Crippen LogP contribution in [-0.2, 0) is 38.1 Å². The van der Waals surface area contributed by atoms with Crippen LogP contribution in [0.5, 0.6) is 0 Å². The molecule has 29 heavy (non-hydrogen) atoms. The summed E-state index contributed by atoms with van der Waals surface area (Å²) in [5, 5.41) is 18.2. The molecule has 0 saturated heterocycles. The molecular formula is C19H30O10. The molecule has 0 fully saturated rings. The van der Waals surface area contributed by atoms with Gasteiger partial charge in [-0.05, 0) is 18.4 Å². The molecule has 0 aromatic rings. The number of hydrogen-bond acceptors (Lipinski definition) is 8. The first-order valence-electron chi connectivity index (χ1n) is 9.44. The number of carboxylic acids is 2. The Hall–Kier alpha value is -2.46. The Balaban J connectivity index is 4.97. The van der Waals surface area contributed by atoms with Crippen LogP contribution >= 0.6 is 0 Å². The summed E-state index contributed by atoms with van der Waals surface area (Å²) in [6, 6.07) is 0. The molecule has 0 saturated carbocycles. The van der Waals surface area contributed by atoms with Gasteiger partial charge in [0.05, 0.1) is 32.5 Å². The van der Waals surface area contributed by atoms with E-state index in [1.807, 2.05) is 13.8 Å². The zero-order valence-corrected chi connectivity index (χ0v) is 16.9. The van der Waals surface area contributed by atoms with E-state index in [-0.39, 0.29) is 32.0 Å². The van der Waals surface area contributed by atoms with E-state index in [0.29, 0.717) is 13.2 Å². The van der Waals surface area contributed by atoms with Gasteiger partial charge in [0.15, 0.2) is 0 Å². The number of carboxylic acid groups (broad SMARTS) is 2. The van der Waals surface area contributed by atoms with Gasteiger partial charge in [-0.2, -0.15) is 0 Å². The van der Waals surface area contributed by atoms with Gasteiger partial charge in [0, 0.05) is 18.8 Å². The van der Waals surface area contributed by atoms with Gasteiger partial charge < -0.3 is 29.2 Å². The minimum absolute atomic E-state index is 0.0351. The van der Waals surface area contributed by atoms with Crippen LogP contribution in [0.3, 0.4) is 0 Å². The molecule has 0 atom stereocenters. The summed E-state index contributed by atoms with van der Waals surface area (Å²) in [4.78, 5) is 46.4. The highest BCUT2D eigenvalue weighted by atomic mass is 16.6. The molecule has 0 aliphatic heterocycles. The lowest BCUT2D eigenvalue weighted by atomic mass is 9.99. The highest BCUT2D eigenvalue weighted by molar-refractivity contribution is 5.95. The van der Waals surface area contributed by atoms with E-state index < -0.39 is 48.7 Å². The molecule has 0 aromatic heterocycles. The van der Waals surface area contributed by atoms with Gasteiger partial charge in [0.2, 0.25) is 0 Å². The molecule has 0 unspecified atom stereocenters. The summed E-state index contributed by atoms with van der Waals surface area (Å²) in [6.07, 6.45) is -0.300. The molecule has 10 nitrogen and oxygen atoms in total. The molecular weight excluding hydrogens is 388 g/mol. The number of carbonyl (C=O) groups is 4. The van der Waals surface area contributed by atoms with E-state index in [9.17, 15) is 24.3 Å². The fraction of sp³-hybridized carbons (Fsp3) is 0.684. The normalized spacial score (nSPS) is 10.3. The second-order valence-corrected chi connectivity index (χ2v) is 5.98. The van der Waals surface area contributed by atoms with Crippen molar-refractivity contribution >= 4 is 23.9 Å². The molecule has 0 heterocycles. The fourth-order valence-corrected chi connectivity index (χ4v) is 2.15. The maximum Gasteiger partial charge on any atom is 0.332 e. The van der Waals surface area contributed by atoms with Crippen LogP contribution in [0.15, 0.2) is 11.1 Å². The van der Waals surface area contributed by atoms with Crippen molar-refractivity contribution in [3.63, 3.8) is 0 Å². The summed E-state index contributed by atoms with van der Waals surface area (Å²) in [6.45, 7) is 5.16. The average Bonchev–Trinajstić information content (AvgIpc) is 2.65. The summed E-state index contributed by atoms with van der Waals surface area (Å²) in [5.74, 6) is -4.50. The van der Waals surface area contributed by atoms with Gasteiger partial charge in [-0.25, -0.2) is 4.79 Å². The van der Waals surface area contributed by atoms with Crippen LogP contribution in [0.25, 0.3) is 0 Å². The van der Waals surface area contributed by atoms with Gasteiger partial charge in [0.1, 0.15) is 13.2 Å². The summed E-state index contributed by atoms with van der Waals surface area (Å²) in [7, 11) is 0. The third kappa shape index (κ3) is 14.2. The van der Waals surface area contributed by atoms with Crippen molar-refractivity contribution in [2.75, 3.05) is 39.6 Å². The molecule has 0 bridgehead atoms. The van der Waals surface area contributed by atoms with Crippen LogP contribution in [0.1, 0.15) is 46.0 Å². The fourth-order valence-electron chi connectivity index (χ4n) is 2.15. The maximum atomic E-state index is 12.0. The lowest BCUT2D eigenvalue weighted by Gasteiger charge is -2.12. The first-order chi connectivity index (χ1) is 13.8. The maximum absolute atomic E-state index is 12.0. The van der Waals surface area contributed by atoms with Gasteiger partial charge in [0.25, 0.3) is 0 Å². The molecule has 0 radical (unpaired) electrons. The summed E-state index contributed by atoms with van der Waals surface area (Å²) in [5.41, 5.74) is -0.713. The van der Waals surface area contributed by atoms with Gasteiger partial charge in [-0.3, -0.25) is 14.4 Å². The lowest BCUT2D eigenvalue weighted by molar-refractivity contribution is -0.145. The van der Waals surface area contributed by atoms with E-state index in [0.717, 1.165) is 12.8 Å². The smallest absolute Gasteiger partial charge is 0.332 e. The van der Waals surface area contributed by atoms with Crippen molar-refractivity contribution < 1.29 is 48.3 Å². The molecule has 0 rings (SSSR count). The van der Waals surface area contributed by atoms with Crippen LogP contribution < -0.4 is 0 Å². The number of hydrogen-bond donors (Lipinski definition) is 2. The Morgan fingerprint density at radius 3 is 1.45 bits per heavy atom. The third-order valence-corrected chi connectivity index (χ3v) is 3.41. The lowest BCUT2D eigenvalue weighted by Crippen LogP contribution is -2.18. The Kier molecular flexibility index (Phi) is 15.1. The number of esters is 2. The molecule has 10 heteroatoms. The Bertz CT molecular complexity index is 537. The molecule has 0 amide bonds. The van der Waals surface area contributed by atoms with Crippen molar-refractivity contribution in [2.45, 2.75) is 46.0 Å². The molecule has 0 aromatic carbocycles. The number of aliphatic carboxylic acids is 2. The first-order valence-corrected chi connectivity index (χ1v) is 9.44. The topological polar surface area (TPSA) is 146 Å². The molecule has 0 aliphatic rings. The zero-order chi connectivity index (χ0) is 22.1. The first kappa shape index (κ1) is 26.5. The quantitative estimate of drug-likeness (QED) is 0.203. The van der Waals surface area contributed by atoms with E-state index in [4.69, 9.17) is 24.1 Å². The highest BCUT2D eigenvalue weighted by Crippen LogP contribution is 2.19. The third-order valence-electron chi connectivity index (χ3n) is 3.41. The largest absolute Gasteiger partial charge is 0.481 e. The monoisotopic (exact) mass is 418 g/mol. The van der Waals surface area contributed by atoms with Crippen LogP contribution in [0, 0.1) is 0 Å². The zero-order valence-electron chi connectivity index (χ0n) is 16.9. The standard InChI is InChI=1S/C19H30O10/c1-3-5-26-7-9-28-17(22)11-14(15(19(24)25)13-16(20)21)12-18(23)29-10-8-27-6-4-2/h3-13H2,1-2H3,(H,20,21)(H,24,25). The van der Waals surface area contributed by atoms with E-state index in [2.05, 4.69) is 0 Å². The Labute approximate surface area is 169 Å². The van der Waals surface area contributed by atoms with Crippen molar-refractivity contribution in [1.82, 2.24) is 0 Å². The van der Waals surface area contributed by atoms with Crippen molar-refractivity contribution in [3.8, 4) is 0 Å². The number of rotatable bonds is 17. The van der Waals surface area contributed by atoms with Gasteiger partial charge >= 0.3 is 23.9 Å². The Morgan fingerprint density at radius 1 is 0.655 bits per heavy atom. The van der Waals surface area contributed by atoms with Crippen LogP contribution in [0.4, 0.5) is 0 Å². The van der Waals surface area contributed by atoms with Crippen molar-refractivity contribution in [3.05, 3.63) is 11.1 Å². The summed E-state index contributed by atoms with van der Waals surface area (Å²) < 4.78 is 20.2. The van der Waals surface area contributed by atoms with Crippen molar-refractivity contribution in [2.24, 2.45) is 0 Å². The SMILES string of the molecule is CCCOCCOC(=O)CC(CC(=O)OCCOCCC)=C(CC(=O)O)C(=O)O. The van der Waals surface area contributed by atoms with Gasteiger partial charge in [-0.15, -0.1) is 0 Å². The van der Waals surface area contributed by atoms with Gasteiger partial charge in [-0.1, -0.05) is 13.8 Å². The summed E-state index contributed by atoms with van der Waals surface area (Å²) >= 11 is 0.